The summed E-state index contributed by atoms with van der Waals surface area (Å²) in [5.74, 6) is 0.928. The molecule has 0 bridgehead atoms. The Labute approximate surface area is 106 Å². The van der Waals surface area contributed by atoms with Crippen LogP contribution in [0, 0.1) is 5.82 Å². The van der Waals surface area contributed by atoms with Crippen LogP contribution < -0.4 is 10.6 Å². The fraction of sp³-hybridized carbons (Fsp3) is 0.538. The van der Waals surface area contributed by atoms with E-state index in [4.69, 9.17) is 5.73 Å². The van der Waals surface area contributed by atoms with Crippen molar-refractivity contribution in [1.82, 2.24) is 0 Å². The van der Waals surface area contributed by atoms with Gasteiger partial charge in [0.05, 0.1) is 5.54 Å². The smallest absolute Gasteiger partial charge is 0.125 e. The number of anilines is 1. The highest BCUT2D eigenvalue weighted by molar-refractivity contribution is 8.00. The zero-order chi connectivity index (χ0) is 12.5. The van der Waals surface area contributed by atoms with Gasteiger partial charge in [-0.15, -0.1) is 0 Å². The molecule has 0 amide bonds. The molecule has 2 nitrogen and oxygen atoms in total. The molecule has 4 heteroatoms. The van der Waals surface area contributed by atoms with Crippen LogP contribution in [0.4, 0.5) is 10.1 Å². The summed E-state index contributed by atoms with van der Waals surface area (Å²) < 4.78 is 13.3. The number of hydrogen-bond acceptors (Lipinski definition) is 3. The molecule has 0 radical (unpaired) electrons. The molecule has 1 aromatic rings. The van der Waals surface area contributed by atoms with Crippen molar-refractivity contribution in [3.05, 3.63) is 30.1 Å². The SMILES string of the molecule is CC1SCCC1(CN)N(C)c1cccc(F)c1. The minimum Gasteiger partial charge on any atom is -0.366 e. The zero-order valence-electron chi connectivity index (χ0n) is 10.3. The molecule has 94 valence electrons. The van der Waals surface area contributed by atoms with E-state index in [1.165, 1.54) is 6.07 Å². The van der Waals surface area contributed by atoms with Crippen LogP contribution in [0.15, 0.2) is 24.3 Å². The third-order valence-electron chi connectivity index (χ3n) is 3.88. The van der Waals surface area contributed by atoms with Crippen molar-refractivity contribution in [2.75, 3.05) is 24.2 Å². The Morgan fingerprint density at radius 1 is 1.59 bits per heavy atom. The lowest BCUT2D eigenvalue weighted by molar-refractivity contribution is 0.414. The molecule has 2 unspecified atom stereocenters. The molecule has 1 heterocycles. The minimum absolute atomic E-state index is 0.0432. The summed E-state index contributed by atoms with van der Waals surface area (Å²) in [4.78, 5) is 2.15. The van der Waals surface area contributed by atoms with Gasteiger partial charge in [-0.2, -0.15) is 11.8 Å². The number of hydrogen-bond donors (Lipinski definition) is 1. The fourth-order valence-electron chi connectivity index (χ4n) is 2.56. The molecule has 0 saturated carbocycles. The van der Waals surface area contributed by atoms with Gasteiger partial charge in [0.25, 0.3) is 0 Å². The number of benzene rings is 1. The van der Waals surface area contributed by atoms with Gasteiger partial charge in [-0.1, -0.05) is 13.0 Å². The maximum atomic E-state index is 13.3. The van der Waals surface area contributed by atoms with Gasteiger partial charge >= 0.3 is 0 Å². The number of thioether (sulfide) groups is 1. The van der Waals surface area contributed by atoms with E-state index in [0.29, 0.717) is 11.8 Å². The maximum absolute atomic E-state index is 13.3. The van der Waals surface area contributed by atoms with Gasteiger partial charge in [-0.25, -0.2) is 4.39 Å². The largest absolute Gasteiger partial charge is 0.366 e. The van der Waals surface area contributed by atoms with Crippen molar-refractivity contribution >= 4 is 17.4 Å². The topological polar surface area (TPSA) is 29.3 Å². The van der Waals surface area contributed by atoms with E-state index in [1.807, 2.05) is 24.9 Å². The summed E-state index contributed by atoms with van der Waals surface area (Å²) in [5.41, 5.74) is 6.85. The van der Waals surface area contributed by atoms with Crippen molar-refractivity contribution in [3.8, 4) is 0 Å². The molecule has 1 aromatic carbocycles. The first-order chi connectivity index (χ1) is 8.10. The second-order valence-electron chi connectivity index (χ2n) is 4.61. The first kappa shape index (κ1) is 12.7. The number of rotatable bonds is 3. The van der Waals surface area contributed by atoms with Crippen LogP contribution >= 0.6 is 11.8 Å². The molecule has 1 saturated heterocycles. The lowest BCUT2D eigenvalue weighted by Crippen LogP contribution is -2.56. The first-order valence-electron chi connectivity index (χ1n) is 5.91. The van der Waals surface area contributed by atoms with Crippen LogP contribution in [0.1, 0.15) is 13.3 Å². The molecule has 2 rings (SSSR count). The third-order valence-corrected chi connectivity index (χ3v) is 5.26. The van der Waals surface area contributed by atoms with E-state index in [2.05, 4.69) is 11.8 Å². The van der Waals surface area contributed by atoms with Crippen molar-refractivity contribution in [1.29, 1.82) is 0 Å². The molecule has 2 N–H and O–H groups in total. The van der Waals surface area contributed by atoms with E-state index in [-0.39, 0.29) is 11.4 Å². The Hall–Kier alpha value is -0.740. The van der Waals surface area contributed by atoms with Gasteiger partial charge in [0.15, 0.2) is 0 Å². The van der Waals surface area contributed by atoms with E-state index in [9.17, 15) is 4.39 Å². The van der Waals surface area contributed by atoms with Crippen LogP contribution in [-0.2, 0) is 0 Å². The Bertz CT molecular complexity index is 399. The Morgan fingerprint density at radius 3 is 2.88 bits per heavy atom. The van der Waals surface area contributed by atoms with Crippen LogP contribution in [0.2, 0.25) is 0 Å². The standard InChI is InChI=1S/C13H19FN2S/c1-10-13(9-15,6-7-17-10)16(2)12-5-3-4-11(14)8-12/h3-5,8,10H,6-7,9,15H2,1-2H3. The molecule has 1 aliphatic rings. The maximum Gasteiger partial charge on any atom is 0.125 e. The second-order valence-corrected chi connectivity index (χ2v) is 6.06. The summed E-state index contributed by atoms with van der Waals surface area (Å²) in [5, 5.41) is 0.473. The fourth-order valence-corrected chi connectivity index (χ4v) is 4.07. The second kappa shape index (κ2) is 4.86. The predicted molar refractivity (Wildman–Crippen MR) is 73.1 cm³/mol. The van der Waals surface area contributed by atoms with Crippen molar-refractivity contribution in [3.63, 3.8) is 0 Å². The van der Waals surface area contributed by atoms with Crippen LogP contribution in [0.25, 0.3) is 0 Å². The van der Waals surface area contributed by atoms with Crippen molar-refractivity contribution < 1.29 is 4.39 Å². The molecule has 0 aliphatic carbocycles. The molecule has 1 fully saturated rings. The van der Waals surface area contributed by atoms with E-state index in [1.54, 1.807) is 12.1 Å². The lowest BCUT2D eigenvalue weighted by Gasteiger charge is -2.42. The van der Waals surface area contributed by atoms with Gasteiger partial charge in [-0.05, 0) is 30.4 Å². The van der Waals surface area contributed by atoms with E-state index >= 15 is 0 Å². The number of nitrogens with two attached hydrogens (primary N) is 1. The summed E-state index contributed by atoms with van der Waals surface area (Å²) in [6.07, 6.45) is 1.06. The highest BCUT2D eigenvalue weighted by atomic mass is 32.2. The average Bonchev–Trinajstić information content (AvgIpc) is 2.70. The van der Waals surface area contributed by atoms with Crippen molar-refractivity contribution in [2.45, 2.75) is 24.1 Å². The Balaban J connectivity index is 2.32. The van der Waals surface area contributed by atoms with Gasteiger partial charge in [0, 0.05) is 24.5 Å². The highest BCUT2D eigenvalue weighted by Gasteiger charge is 2.43. The monoisotopic (exact) mass is 254 g/mol. The first-order valence-corrected chi connectivity index (χ1v) is 6.96. The van der Waals surface area contributed by atoms with E-state index in [0.717, 1.165) is 17.9 Å². The predicted octanol–water partition coefficient (Wildman–Crippen LogP) is 2.48. The number of nitrogens with zero attached hydrogens (tertiary/aromatic N) is 1. The number of halogens is 1. The minimum atomic E-state index is -0.195. The average molecular weight is 254 g/mol. The molecular weight excluding hydrogens is 235 g/mol. The summed E-state index contributed by atoms with van der Waals surface area (Å²) in [6.45, 7) is 2.81. The zero-order valence-corrected chi connectivity index (χ0v) is 11.1. The van der Waals surface area contributed by atoms with Gasteiger partial charge in [0.1, 0.15) is 5.82 Å². The van der Waals surface area contributed by atoms with Crippen LogP contribution in [0.5, 0.6) is 0 Å². The van der Waals surface area contributed by atoms with Gasteiger partial charge in [-0.3, -0.25) is 0 Å². The highest BCUT2D eigenvalue weighted by Crippen LogP contribution is 2.40. The van der Waals surface area contributed by atoms with Crippen LogP contribution in [0.3, 0.4) is 0 Å². The van der Waals surface area contributed by atoms with Gasteiger partial charge < -0.3 is 10.6 Å². The Kier molecular flexibility index (Phi) is 3.64. The summed E-state index contributed by atoms with van der Waals surface area (Å²) >= 11 is 1.94. The Morgan fingerprint density at radius 2 is 2.35 bits per heavy atom. The summed E-state index contributed by atoms with van der Waals surface area (Å²) in [7, 11) is 2.02. The molecule has 17 heavy (non-hydrogen) atoms. The quantitative estimate of drug-likeness (QED) is 0.898. The van der Waals surface area contributed by atoms with Crippen LogP contribution in [-0.4, -0.2) is 30.1 Å². The molecule has 0 spiro atoms. The third kappa shape index (κ3) is 2.16. The van der Waals surface area contributed by atoms with Gasteiger partial charge in [0.2, 0.25) is 0 Å². The number of likely N-dealkylation sites (N-methyl/N-ethyl adjacent to an activating group) is 1. The van der Waals surface area contributed by atoms with E-state index < -0.39 is 0 Å². The van der Waals surface area contributed by atoms with Crippen molar-refractivity contribution in [2.24, 2.45) is 5.73 Å². The molecule has 2 atom stereocenters. The lowest BCUT2D eigenvalue weighted by atomic mass is 9.90. The molecular formula is C13H19FN2S. The summed E-state index contributed by atoms with van der Waals surface area (Å²) in [6, 6.07) is 6.74. The molecule has 0 aromatic heterocycles. The molecule has 1 aliphatic heterocycles. The normalized spacial score (nSPS) is 28.4.